The third-order valence-electron chi connectivity index (χ3n) is 10.9. The fourth-order valence-corrected chi connectivity index (χ4v) is 9.92. The lowest BCUT2D eigenvalue weighted by atomic mass is 9.89. The van der Waals surface area contributed by atoms with Crippen LogP contribution < -0.4 is 14.8 Å². The fourth-order valence-electron chi connectivity index (χ4n) is 8.59. The van der Waals surface area contributed by atoms with Crippen LogP contribution in [0.4, 0.5) is 10.2 Å². The van der Waals surface area contributed by atoms with Crippen molar-refractivity contribution in [2.24, 2.45) is 0 Å². The van der Waals surface area contributed by atoms with Crippen LogP contribution in [0.3, 0.4) is 0 Å². The number of thiophene rings is 1. The van der Waals surface area contributed by atoms with E-state index in [0.29, 0.717) is 59.7 Å². The van der Waals surface area contributed by atoms with Crippen molar-refractivity contribution < 1.29 is 23.1 Å². The second-order valence-corrected chi connectivity index (χ2v) is 15.3. The van der Waals surface area contributed by atoms with Crippen LogP contribution in [-0.2, 0) is 12.8 Å². The predicted molar refractivity (Wildman–Crippen MR) is 195 cm³/mol. The van der Waals surface area contributed by atoms with Gasteiger partial charge < -0.3 is 24.1 Å². The van der Waals surface area contributed by atoms with Gasteiger partial charge >= 0.3 is 0 Å². The minimum absolute atomic E-state index is 0.00835. The molecule has 0 bridgehead atoms. The number of fused-ring (bicyclic) bond motifs is 6. The number of rotatable bonds is 7. The van der Waals surface area contributed by atoms with Gasteiger partial charge in [0.05, 0.1) is 53.0 Å². The number of anilines is 1. The van der Waals surface area contributed by atoms with Gasteiger partial charge in [-0.2, -0.15) is 0 Å². The van der Waals surface area contributed by atoms with Crippen molar-refractivity contribution >= 4 is 44.7 Å². The summed E-state index contributed by atoms with van der Waals surface area (Å²) >= 11 is 7.87. The van der Waals surface area contributed by atoms with Gasteiger partial charge in [0.1, 0.15) is 11.6 Å². The van der Waals surface area contributed by atoms with Crippen LogP contribution >= 0.6 is 22.9 Å². The van der Waals surface area contributed by atoms with E-state index in [2.05, 4.69) is 21.6 Å². The van der Waals surface area contributed by atoms with Gasteiger partial charge in [0, 0.05) is 58.6 Å². The molecule has 3 aliphatic heterocycles. The predicted octanol–water partition coefficient (Wildman–Crippen LogP) is 8.63. The number of aromatic nitrogens is 4. The number of nitrogens with one attached hydrogen (secondary N) is 1. The number of hydrogen-bond donors (Lipinski definition) is 1. The van der Waals surface area contributed by atoms with Crippen molar-refractivity contribution in [3.8, 4) is 33.4 Å². The van der Waals surface area contributed by atoms with E-state index in [0.717, 1.165) is 79.4 Å². The van der Waals surface area contributed by atoms with E-state index in [4.69, 9.17) is 35.5 Å². The average Bonchev–Trinajstić information content (AvgIpc) is 3.99. The van der Waals surface area contributed by atoms with Gasteiger partial charge in [-0.05, 0) is 67.0 Å². The van der Waals surface area contributed by atoms with Crippen LogP contribution in [0.15, 0.2) is 53.1 Å². The molecule has 10 nitrogen and oxygen atoms in total. The average molecular weight is 735 g/mol. The van der Waals surface area contributed by atoms with Gasteiger partial charge in [-0.1, -0.05) is 23.7 Å². The molecule has 1 fully saturated rings. The Balaban J connectivity index is 1.14. The van der Waals surface area contributed by atoms with E-state index >= 15 is 0 Å². The Morgan fingerprint density at radius 3 is 2.83 bits per heavy atom. The quantitative estimate of drug-likeness (QED) is 0.172. The number of nitrogens with zero attached hydrogens (tertiary/aromatic N) is 5. The van der Waals surface area contributed by atoms with Crippen molar-refractivity contribution in [1.29, 1.82) is 0 Å². The van der Waals surface area contributed by atoms with Crippen molar-refractivity contribution in [2.75, 3.05) is 25.6 Å². The number of hydrogen-bond acceptors (Lipinski definition) is 10. The second-order valence-electron chi connectivity index (χ2n) is 13.8. The largest absolute Gasteiger partial charge is 0.493 e. The van der Waals surface area contributed by atoms with Gasteiger partial charge in [0.15, 0.2) is 11.6 Å². The summed E-state index contributed by atoms with van der Waals surface area (Å²) in [6.45, 7) is 2.93. The second kappa shape index (κ2) is 12.0. The van der Waals surface area contributed by atoms with Gasteiger partial charge in [-0.25, -0.2) is 9.37 Å². The highest BCUT2D eigenvalue weighted by Crippen LogP contribution is 2.51. The van der Waals surface area contributed by atoms with Crippen LogP contribution in [0, 0.1) is 12.7 Å². The summed E-state index contributed by atoms with van der Waals surface area (Å²) in [6.07, 6.45) is 5.60. The van der Waals surface area contributed by atoms with Gasteiger partial charge in [-0.15, -0.1) is 21.5 Å². The minimum atomic E-state index is -0.356. The first-order valence-corrected chi connectivity index (χ1v) is 18.7. The first-order chi connectivity index (χ1) is 25.4. The SMILES string of the molecule is COc1c(F)ccc2c1CC[C@@H]2Nc1nccc2cc(-c3c4c(nc(C[C@H]5COc6cc(Cl)ccc65)c3-c3nnc(C)o3)[C@@H]3CCCN3C4=O)sc12. The lowest BCUT2D eigenvalue weighted by molar-refractivity contribution is 0.0776. The number of carbonyl (C=O) groups excluding carboxylic acids is 1. The zero-order valence-corrected chi connectivity index (χ0v) is 29.9. The maximum atomic E-state index is 14.5. The maximum absolute atomic E-state index is 14.5. The number of methoxy groups -OCH3 is 1. The molecule has 262 valence electrons. The Labute approximate surface area is 307 Å². The molecule has 0 unspecified atom stereocenters. The lowest BCUT2D eigenvalue weighted by Gasteiger charge is -2.18. The van der Waals surface area contributed by atoms with Crippen LogP contribution in [0.2, 0.25) is 5.02 Å². The van der Waals surface area contributed by atoms with E-state index in [9.17, 15) is 9.18 Å². The van der Waals surface area contributed by atoms with Crippen LogP contribution in [0.25, 0.3) is 32.0 Å². The topological polar surface area (TPSA) is 116 Å². The molecule has 4 aromatic heterocycles. The highest BCUT2D eigenvalue weighted by atomic mass is 35.5. The highest BCUT2D eigenvalue weighted by Gasteiger charge is 2.45. The van der Waals surface area contributed by atoms with Crippen molar-refractivity contribution in [2.45, 2.75) is 57.0 Å². The van der Waals surface area contributed by atoms with Crippen LogP contribution in [0.5, 0.6) is 11.5 Å². The molecular weight excluding hydrogens is 703 g/mol. The summed E-state index contributed by atoms with van der Waals surface area (Å²) in [5.41, 5.74) is 6.58. The van der Waals surface area contributed by atoms with Gasteiger partial charge in [0.2, 0.25) is 11.8 Å². The summed E-state index contributed by atoms with van der Waals surface area (Å²) in [5, 5.41) is 14.0. The molecule has 6 aromatic rings. The number of pyridine rings is 2. The number of ether oxygens (including phenoxy) is 2. The Kier molecular flexibility index (Phi) is 7.30. The minimum Gasteiger partial charge on any atom is -0.493 e. The molecule has 52 heavy (non-hydrogen) atoms. The van der Waals surface area contributed by atoms with E-state index in [1.54, 1.807) is 24.5 Å². The zero-order valence-electron chi connectivity index (χ0n) is 28.3. The molecule has 13 heteroatoms. The first-order valence-electron chi connectivity index (χ1n) is 17.5. The molecule has 4 aliphatic rings. The first kappa shape index (κ1) is 31.6. The van der Waals surface area contributed by atoms with E-state index in [1.165, 1.54) is 13.2 Å². The summed E-state index contributed by atoms with van der Waals surface area (Å²) in [7, 11) is 1.51. The Hall–Kier alpha value is -5.07. The van der Waals surface area contributed by atoms with Crippen molar-refractivity contribution in [1.82, 2.24) is 25.1 Å². The Morgan fingerprint density at radius 2 is 1.98 bits per heavy atom. The molecule has 1 saturated heterocycles. The van der Waals surface area contributed by atoms with Gasteiger partial charge in [-0.3, -0.25) is 9.78 Å². The Morgan fingerprint density at radius 1 is 1.10 bits per heavy atom. The van der Waals surface area contributed by atoms with E-state index < -0.39 is 0 Å². The number of amides is 1. The van der Waals surface area contributed by atoms with Crippen molar-refractivity contribution in [3.63, 3.8) is 0 Å². The summed E-state index contributed by atoms with van der Waals surface area (Å²) < 4.78 is 33.2. The Bertz CT molecular complexity index is 2470. The number of halogens is 2. The summed E-state index contributed by atoms with van der Waals surface area (Å²) in [4.78, 5) is 27.3. The maximum Gasteiger partial charge on any atom is 0.257 e. The smallest absolute Gasteiger partial charge is 0.257 e. The van der Waals surface area contributed by atoms with E-state index in [-0.39, 0.29) is 29.7 Å². The molecule has 1 N–H and O–H groups in total. The van der Waals surface area contributed by atoms with Crippen LogP contribution in [0.1, 0.15) is 81.6 Å². The monoisotopic (exact) mass is 734 g/mol. The third kappa shape index (κ3) is 4.83. The molecule has 1 amide bonds. The molecule has 7 heterocycles. The molecule has 0 radical (unpaired) electrons. The molecule has 3 atom stereocenters. The van der Waals surface area contributed by atoms with Gasteiger partial charge in [0.25, 0.3) is 5.91 Å². The summed E-state index contributed by atoms with van der Waals surface area (Å²) in [5.74, 6) is 2.18. The highest BCUT2D eigenvalue weighted by molar-refractivity contribution is 7.23. The molecular formula is C39H32ClFN6O4S. The number of benzene rings is 2. The summed E-state index contributed by atoms with van der Waals surface area (Å²) in [6, 6.07) is 13.0. The molecule has 0 spiro atoms. The number of aryl methyl sites for hydroxylation is 1. The zero-order chi connectivity index (χ0) is 35.2. The van der Waals surface area contributed by atoms with E-state index in [1.807, 2.05) is 35.2 Å². The molecule has 10 rings (SSSR count). The molecule has 1 aliphatic carbocycles. The standard InChI is InChI=1S/C39H32ClFN6O4S/c1-18-45-46-38(51-18)31-27(14-20-17-50-29-16-21(40)5-6-22(20)29)43-34-28-4-3-13-47(28)39(48)33(34)32(31)30-15-19-11-12-42-37(36(19)52-30)44-26-10-8-24-23(26)7-9-25(41)35(24)49-2/h5-7,9,11-12,15-16,20,26,28H,3-4,8,10,13-14,17H2,1-2H3,(H,42,44)/t20-,26-,28-/m0/s1. The van der Waals surface area contributed by atoms with Crippen LogP contribution in [-0.4, -0.2) is 51.2 Å². The molecule has 0 saturated carbocycles. The number of carbonyl (C=O) groups is 1. The van der Waals surface area contributed by atoms with Crippen molar-refractivity contribution in [3.05, 3.63) is 99.0 Å². The normalized spacial score (nSPS) is 19.9. The fraction of sp³-hybridized carbons (Fsp3) is 0.308. The molecule has 2 aromatic carbocycles. The third-order valence-corrected chi connectivity index (χ3v) is 12.3. The lowest BCUT2D eigenvalue weighted by Crippen LogP contribution is -2.22.